The lowest BCUT2D eigenvalue weighted by Gasteiger charge is -2.24. The van der Waals surface area contributed by atoms with Crippen molar-refractivity contribution in [3.63, 3.8) is 0 Å². The van der Waals surface area contributed by atoms with E-state index < -0.39 is 18.1 Å². The third-order valence-electron chi connectivity index (χ3n) is 2.93. The zero-order valence-corrected chi connectivity index (χ0v) is 12.3. The number of carbonyl (C=O) groups is 2. The monoisotopic (exact) mass is 302 g/mol. The maximum absolute atomic E-state index is 12.1. The van der Waals surface area contributed by atoms with Gasteiger partial charge >= 0.3 is 12.1 Å². The summed E-state index contributed by atoms with van der Waals surface area (Å²) in [6.07, 6.45) is 4.39. The highest BCUT2D eigenvalue weighted by atomic mass is 16.6. The second-order valence-corrected chi connectivity index (χ2v) is 4.79. The minimum Gasteiger partial charge on any atom is -0.444 e. The molecule has 0 aliphatic carbocycles. The van der Waals surface area contributed by atoms with Gasteiger partial charge in [0.25, 0.3) is 0 Å². The molecule has 0 fully saturated rings. The molecule has 116 valence electrons. The van der Waals surface area contributed by atoms with E-state index in [-0.39, 0.29) is 19.0 Å². The van der Waals surface area contributed by atoms with Crippen molar-refractivity contribution < 1.29 is 19.1 Å². The molecule has 1 atom stereocenters. The molecule has 6 nitrogen and oxygen atoms in total. The number of hydrogen-bond acceptors (Lipinski definition) is 5. The fraction of sp³-hybridized carbons (Fsp3) is 0.250. The lowest BCUT2D eigenvalue weighted by molar-refractivity contribution is -0.142. The number of nitrogens with zero attached hydrogens (tertiary/aromatic N) is 1. The smallest absolute Gasteiger partial charge is 0.417 e. The minimum absolute atomic E-state index is 0.114. The summed E-state index contributed by atoms with van der Waals surface area (Å²) in [5.41, 5.74) is 6.33. The van der Waals surface area contributed by atoms with E-state index in [4.69, 9.17) is 15.2 Å². The third kappa shape index (κ3) is 4.20. The Kier molecular flexibility index (Phi) is 5.32. The Morgan fingerprint density at radius 3 is 2.73 bits per heavy atom. The van der Waals surface area contributed by atoms with Gasteiger partial charge < -0.3 is 15.2 Å². The first kappa shape index (κ1) is 15.8. The molecule has 2 N–H and O–H groups in total. The van der Waals surface area contributed by atoms with E-state index in [1.54, 1.807) is 12.2 Å². The van der Waals surface area contributed by atoms with Crippen LogP contribution in [0.5, 0.6) is 0 Å². The molecular formula is C16H18N2O4. The van der Waals surface area contributed by atoms with Crippen molar-refractivity contribution >= 4 is 12.1 Å². The van der Waals surface area contributed by atoms with Gasteiger partial charge in [0.05, 0.1) is 6.54 Å². The van der Waals surface area contributed by atoms with Crippen LogP contribution in [0.4, 0.5) is 4.79 Å². The van der Waals surface area contributed by atoms with Crippen molar-refractivity contribution in [1.82, 2.24) is 4.90 Å². The number of allylic oxidation sites excluding steroid dienone is 2. The highest BCUT2D eigenvalue weighted by Crippen LogP contribution is 2.15. The SMILES string of the molecule is C[C@H](N)C(=O)OC1=CC=CCN1C(=O)OCc1ccccc1. The van der Waals surface area contributed by atoms with Crippen molar-refractivity contribution in [2.24, 2.45) is 5.73 Å². The first-order valence-corrected chi connectivity index (χ1v) is 6.90. The number of nitrogens with two attached hydrogens (primary N) is 1. The summed E-state index contributed by atoms with van der Waals surface area (Å²) in [4.78, 5) is 24.9. The summed E-state index contributed by atoms with van der Waals surface area (Å²) < 4.78 is 10.3. The first-order chi connectivity index (χ1) is 10.6. The van der Waals surface area contributed by atoms with Gasteiger partial charge in [0.15, 0.2) is 0 Å². The molecule has 0 radical (unpaired) electrons. The molecule has 1 aliphatic heterocycles. The van der Waals surface area contributed by atoms with Crippen LogP contribution in [-0.4, -0.2) is 29.5 Å². The van der Waals surface area contributed by atoms with Crippen LogP contribution >= 0.6 is 0 Å². The van der Waals surface area contributed by atoms with E-state index in [0.29, 0.717) is 0 Å². The maximum Gasteiger partial charge on any atom is 0.417 e. The molecule has 0 unspecified atom stereocenters. The van der Waals surface area contributed by atoms with Crippen LogP contribution in [0, 0.1) is 0 Å². The fourth-order valence-electron chi connectivity index (χ4n) is 1.74. The van der Waals surface area contributed by atoms with Gasteiger partial charge in [0, 0.05) is 0 Å². The Morgan fingerprint density at radius 2 is 2.05 bits per heavy atom. The third-order valence-corrected chi connectivity index (χ3v) is 2.93. The Morgan fingerprint density at radius 1 is 1.32 bits per heavy atom. The highest BCUT2D eigenvalue weighted by molar-refractivity contribution is 5.77. The second kappa shape index (κ2) is 7.42. The Hall–Kier alpha value is -2.60. The summed E-state index contributed by atoms with van der Waals surface area (Å²) in [6.45, 7) is 1.93. The van der Waals surface area contributed by atoms with Crippen LogP contribution in [-0.2, 0) is 20.9 Å². The molecule has 0 saturated heterocycles. The lowest BCUT2D eigenvalue weighted by atomic mass is 10.2. The van der Waals surface area contributed by atoms with Gasteiger partial charge in [-0.15, -0.1) is 0 Å². The standard InChI is InChI=1S/C16H18N2O4/c1-12(17)15(19)22-14-9-5-6-10-18(14)16(20)21-11-13-7-3-2-4-8-13/h2-9,12H,10-11,17H2,1H3/t12-/m0/s1. The number of rotatable bonds is 4. The van der Waals surface area contributed by atoms with Gasteiger partial charge in [-0.25, -0.2) is 14.5 Å². The Balaban J connectivity index is 1.97. The molecule has 1 aromatic carbocycles. The molecule has 0 saturated carbocycles. The minimum atomic E-state index is -0.769. The molecular weight excluding hydrogens is 284 g/mol. The molecule has 1 heterocycles. The van der Waals surface area contributed by atoms with Crippen LogP contribution in [0.3, 0.4) is 0 Å². The Labute approximate surface area is 128 Å². The fourth-order valence-corrected chi connectivity index (χ4v) is 1.74. The largest absolute Gasteiger partial charge is 0.444 e. The molecule has 6 heteroatoms. The Bertz CT molecular complexity index is 593. The molecule has 22 heavy (non-hydrogen) atoms. The first-order valence-electron chi connectivity index (χ1n) is 6.90. The van der Waals surface area contributed by atoms with E-state index in [9.17, 15) is 9.59 Å². The zero-order chi connectivity index (χ0) is 15.9. The van der Waals surface area contributed by atoms with Crippen molar-refractivity contribution in [2.45, 2.75) is 19.6 Å². The zero-order valence-electron chi connectivity index (χ0n) is 12.3. The van der Waals surface area contributed by atoms with Crippen molar-refractivity contribution in [1.29, 1.82) is 0 Å². The van der Waals surface area contributed by atoms with E-state index >= 15 is 0 Å². The average Bonchev–Trinajstić information content (AvgIpc) is 2.54. The molecule has 2 rings (SSSR count). The average molecular weight is 302 g/mol. The molecule has 1 aliphatic rings. The predicted molar refractivity (Wildman–Crippen MR) is 80.3 cm³/mol. The summed E-state index contributed by atoms with van der Waals surface area (Å²) in [5.74, 6) is -0.495. The number of ether oxygens (including phenoxy) is 2. The molecule has 0 aromatic heterocycles. The summed E-state index contributed by atoms with van der Waals surface area (Å²) in [6, 6.07) is 8.56. The van der Waals surface area contributed by atoms with Crippen LogP contribution in [0.2, 0.25) is 0 Å². The van der Waals surface area contributed by atoms with Gasteiger partial charge in [-0.3, -0.25) is 0 Å². The predicted octanol–water partition coefficient (Wildman–Crippen LogP) is 1.93. The lowest BCUT2D eigenvalue weighted by Crippen LogP contribution is -2.37. The maximum atomic E-state index is 12.1. The topological polar surface area (TPSA) is 81.9 Å². The van der Waals surface area contributed by atoms with Crippen LogP contribution in [0.15, 0.2) is 54.4 Å². The number of benzene rings is 1. The van der Waals surface area contributed by atoms with Gasteiger partial charge in [0.1, 0.15) is 12.6 Å². The highest BCUT2D eigenvalue weighted by Gasteiger charge is 2.24. The normalized spacial score (nSPS) is 15.0. The molecule has 1 aromatic rings. The van der Waals surface area contributed by atoms with Gasteiger partial charge in [-0.1, -0.05) is 42.5 Å². The van der Waals surface area contributed by atoms with Crippen molar-refractivity contribution in [3.05, 3.63) is 60.0 Å². The van der Waals surface area contributed by atoms with Crippen LogP contribution in [0.25, 0.3) is 0 Å². The van der Waals surface area contributed by atoms with Crippen LogP contribution < -0.4 is 5.73 Å². The van der Waals surface area contributed by atoms with E-state index in [1.165, 1.54) is 17.9 Å². The van der Waals surface area contributed by atoms with E-state index in [1.807, 2.05) is 30.3 Å². The van der Waals surface area contributed by atoms with Gasteiger partial charge in [-0.2, -0.15) is 0 Å². The molecule has 0 bridgehead atoms. The quantitative estimate of drug-likeness (QED) is 0.859. The van der Waals surface area contributed by atoms with E-state index in [2.05, 4.69) is 0 Å². The van der Waals surface area contributed by atoms with E-state index in [0.717, 1.165) is 5.56 Å². The number of hydrogen-bond donors (Lipinski definition) is 1. The van der Waals surface area contributed by atoms with Gasteiger partial charge in [-0.05, 0) is 18.6 Å². The van der Waals surface area contributed by atoms with Gasteiger partial charge in [0.2, 0.25) is 5.88 Å². The number of carbonyl (C=O) groups excluding carboxylic acids is 2. The summed E-state index contributed by atoms with van der Waals surface area (Å²) >= 11 is 0. The summed E-state index contributed by atoms with van der Waals surface area (Å²) in [5, 5.41) is 0. The molecule has 0 spiro atoms. The number of esters is 1. The number of amides is 1. The second-order valence-electron chi connectivity index (χ2n) is 4.79. The summed E-state index contributed by atoms with van der Waals surface area (Å²) in [7, 11) is 0. The van der Waals surface area contributed by atoms with Crippen molar-refractivity contribution in [3.8, 4) is 0 Å². The van der Waals surface area contributed by atoms with Crippen molar-refractivity contribution in [2.75, 3.05) is 6.54 Å². The molecule has 1 amide bonds. The van der Waals surface area contributed by atoms with Crippen LogP contribution in [0.1, 0.15) is 12.5 Å².